The van der Waals surface area contributed by atoms with Crippen LogP contribution in [0.2, 0.25) is 0 Å². The summed E-state index contributed by atoms with van der Waals surface area (Å²) in [7, 11) is 7.36. The molecule has 0 aliphatic carbocycles. The van der Waals surface area contributed by atoms with E-state index >= 15 is 0 Å². The second-order valence-corrected chi connectivity index (χ2v) is 24.5. The zero-order valence-corrected chi connectivity index (χ0v) is 56.1. The van der Waals surface area contributed by atoms with Crippen molar-refractivity contribution in [3.63, 3.8) is 0 Å². The van der Waals surface area contributed by atoms with Gasteiger partial charge in [0.25, 0.3) is 5.97 Å². The number of carboxylic acid groups (broad SMARTS) is 1. The van der Waals surface area contributed by atoms with Crippen LogP contribution in [0.15, 0.2) is 244 Å². The van der Waals surface area contributed by atoms with Crippen molar-refractivity contribution in [1.82, 2.24) is 79.7 Å². The minimum absolute atomic E-state index is 0.289. The number of aliphatic hydroxyl groups is 1. The maximum Gasteiger partial charge on any atom is 0.300 e. The highest BCUT2D eigenvalue weighted by atomic mass is 36.0. The van der Waals surface area contributed by atoms with Crippen molar-refractivity contribution < 1.29 is 24.0 Å². The summed E-state index contributed by atoms with van der Waals surface area (Å²) >= 11 is 6.52. The molecule has 8 aromatic heterocycles. The Morgan fingerprint density at radius 1 is 0.384 bits per heavy atom. The fraction of sp³-hybridized carbons (Fsp3) is 0.108. The molecule has 0 radical (unpaired) electrons. The van der Waals surface area contributed by atoms with Crippen LogP contribution in [-0.4, -0.2) is 106 Å². The first-order chi connectivity index (χ1) is 48.2. The number of para-hydroxylation sites is 16. The normalized spacial score (nSPS) is 11.3. The number of benzene rings is 8. The second kappa shape index (κ2) is 35.6. The van der Waals surface area contributed by atoms with Gasteiger partial charge in [-0.2, -0.15) is 0 Å². The number of carboxylic acids is 1. The number of aryl methyl sites for hydroxylation is 3. The largest absolute Gasteiger partial charge is 0.481 e. The molecule has 16 aromatic rings. The minimum Gasteiger partial charge on any atom is -0.481 e. The van der Waals surface area contributed by atoms with Gasteiger partial charge in [-0.25, -0.2) is 44.1 Å². The van der Waals surface area contributed by atoms with Crippen LogP contribution >= 0.6 is 33.0 Å². The van der Waals surface area contributed by atoms with Crippen LogP contribution in [0.5, 0.6) is 0 Å². The van der Waals surface area contributed by atoms with Gasteiger partial charge in [-0.05, 0) is 117 Å². The molecule has 2 N–H and O–H groups in total. The van der Waals surface area contributed by atoms with E-state index in [-0.39, 0.29) is 5.38 Å². The van der Waals surface area contributed by atoms with Gasteiger partial charge in [0.05, 0.1) is 152 Å². The van der Waals surface area contributed by atoms with Gasteiger partial charge in [0.15, 0.2) is 6.29 Å². The summed E-state index contributed by atoms with van der Waals surface area (Å²) < 4.78 is 9.09. The van der Waals surface area contributed by atoms with E-state index < -0.39 is 21.3 Å². The minimum atomic E-state index is -1.67. The first-order valence-corrected chi connectivity index (χ1v) is 33.8. The number of fused-ring (bicyclic) bond motifs is 8. The number of aromatic nitrogens is 16. The predicted octanol–water partition coefficient (Wildman–Crippen LogP) is 14.8. The number of nitrogens with zero attached hydrogens (tertiary/aromatic N) is 16. The number of carbonyl (C=O) groups is 2. The fourth-order valence-corrected chi connectivity index (χ4v) is 9.86. The van der Waals surface area contributed by atoms with Gasteiger partial charge < -0.3 is 10.2 Å². The molecule has 0 aliphatic heterocycles. The number of carbonyl (C=O) groups excluding carboxylic acids is 1. The second-order valence-electron chi connectivity index (χ2n) is 21.5. The molecule has 0 amide bonds. The number of aliphatic hydroxyl groups excluding tert-OH is 1. The summed E-state index contributed by atoms with van der Waals surface area (Å²) in [6.07, 6.45) is 16.2. The first-order valence-electron chi connectivity index (χ1n) is 30.6. The van der Waals surface area contributed by atoms with Crippen molar-refractivity contribution in [3.05, 3.63) is 289 Å². The molecule has 0 aliphatic rings. The Balaban J connectivity index is 0.000000133. The van der Waals surface area contributed by atoms with Gasteiger partial charge in [-0.3, -0.25) is 49.5 Å². The molecular weight excluding hydrogens is 1330 g/mol. The molecule has 2 atom stereocenters. The van der Waals surface area contributed by atoms with Crippen LogP contribution in [-0.2, 0) is 39.7 Å². The van der Waals surface area contributed by atoms with Crippen LogP contribution < -0.4 is 0 Å². The van der Waals surface area contributed by atoms with E-state index in [2.05, 4.69) is 101 Å². The number of halogens is 3. The quantitative estimate of drug-likeness (QED) is 0.0730. The van der Waals surface area contributed by atoms with Gasteiger partial charge in [0, 0.05) is 72.1 Å². The van der Waals surface area contributed by atoms with Crippen LogP contribution in [0.1, 0.15) is 68.8 Å². The summed E-state index contributed by atoms with van der Waals surface area (Å²) in [5, 5.41) is 17.6. The van der Waals surface area contributed by atoms with Crippen LogP contribution in [0.3, 0.4) is 0 Å². The lowest BCUT2D eigenvalue weighted by molar-refractivity contribution is -0.134. The van der Waals surface area contributed by atoms with Gasteiger partial charge in [-0.15, -0.1) is 11.6 Å². The van der Waals surface area contributed by atoms with Gasteiger partial charge in [0.1, 0.15) is 11.8 Å². The highest BCUT2D eigenvalue weighted by molar-refractivity contribution is 8.26. The molecule has 0 saturated heterocycles. The number of hydrogen-bond donors (Lipinski definition) is 2. The third-order valence-electron chi connectivity index (χ3n) is 14.2. The first kappa shape index (κ1) is 70.4. The summed E-state index contributed by atoms with van der Waals surface area (Å²) in [5.41, 5.74) is 20.1. The molecule has 492 valence electrons. The summed E-state index contributed by atoms with van der Waals surface area (Å²) in [4.78, 5) is 89.9. The molecule has 0 saturated carbocycles. The Morgan fingerprint density at radius 3 is 1.00 bits per heavy atom. The lowest BCUT2D eigenvalue weighted by Gasteiger charge is -2.10. The Kier molecular flexibility index (Phi) is 25.3. The van der Waals surface area contributed by atoms with Crippen molar-refractivity contribution in [2.75, 3.05) is 0 Å². The van der Waals surface area contributed by atoms with E-state index in [0.29, 0.717) is 30.5 Å². The highest BCUT2D eigenvalue weighted by Crippen LogP contribution is 2.25. The van der Waals surface area contributed by atoms with Gasteiger partial charge in [0.2, 0.25) is 9.23 Å². The monoisotopic (exact) mass is 1390 g/mol. The fourth-order valence-electron chi connectivity index (χ4n) is 9.60. The summed E-state index contributed by atoms with van der Waals surface area (Å²) in [5.74, 6) is -0.833. The lowest BCUT2D eigenvalue weighted by Crippen LogP contribution is -2.07. The van der Waals surface area contributed by atoms with Crippen LogP contribution in [0.25, 0.3) is 88.3 Å². The van der Waals surface area contributed by atoms with Crippen LogP contribution in [0.4, 0.5) is 0 Å². The molecule has 8 heterocycles. The third-order valence-corrected chi connectivity index (χ3v) is 14.6. The van der Waals surface area contributed by atoms with E-state index in [1.165, 1.54) is 6.20 Å². The van der Waals surface area contributed by atoms with Crippen molar-refractivity contribution in [2.45, 2.75) is 51.0 Å². The Labute approximate surface area is 583 Å². The molecule has 25 heteroatoms. The molecule has 21 nitrogen and oxygen atoms in total. The average Bonchev–Trinajstić information content (AvgIpc) is 0.897. The van der Waals surface area contributed by atoms with Crippen molar-refractivity contribution in [1.29, 1.82) is 0 Å². The number of rotatable bonds is 10. The van der Waals surface area contributed by atoms with Gasteiger partial charge >= 0.3 is 0 Å². The maximum absolute atomic E-state index is 10.4. The lowest BCUT2D eigenvalue weighted by atomic mass is 10.1. The van der Waals surface area contributed by atoms with Crippen molar-refractivity contribution in [2.24, 2.45) is 0 Å². The van der Waals surface area contributed by atoms with Crippen molar-refractivity contribution >= 4 is 143 Å². The summed E-state index contributed by atoms with van der Waals surface area (Å²) in [6, 6.07) is 62.0. The molecule has 16 rings (SSSR count). The van der Waals surface area contributed by atoms with Gasteiger partial charge in [-0.1, -0.05) is 97.1 Å². The number of hydrogen-bond acceptors (Lipinski definition) is 20. The third kappa shape index (κ3) is 21.0. The van der Waals surface area contributed by atoms with E-state index in [4.69, 9.17) is 25.7 Å². The SMILES string of the molecule is CC(=O)O.Cc1cnc2ccccc2n1.ClC(Cc1cnc2ccccc2n1)c1cnc2ccccc2n1.O=Cc1cnc2ccccc2n1.O=S(Cl)Cl.OC(Cc1cnc2ccccc2n1)c1cnc2ccccc2n1.c1ccc2nc(CCc3cnc4ccccc4n3)cnc2c1. The van der Waals surface area contributed by atoms with Crippen molar-refractivity contribution in [3.8, 4) is 0 Å². The number of aldehydes is 1. The highest BCUT2D eigenvalue weighted by Gasteiger charge is 2.16. The number of aliphatic carboxylic acids is 1. The molecule has 8 aromatic carbocycles. The average molecular weight is 1390 g/mol. The standard InChI is InChI=1S/C18H13ClN4.C18H14N4O.C18H14N4.C9H6N2O.C9H8N2.C2H4O2.Cl2OS/c19-13(18-11-21-15-6-2-4-8-17(15)23-18)9-12-10-20-14-5-1-3-7-16(14)22-12;23-18(17-11-20-14-6-2-4-8-16(14)22-17)9-12-10-19-13-5-1-3-7-15(13)21-12;1-3-7-17-15(5-1)19-11-13(21-17)9-10-14-12-20-16-6-2-4-8-18(16)22-14;12-6-7-5-10-8-3-1-2-4-9(8)11-7;1-7-6-10-8-4-2-3-5-9(8)11-7;1-2(3)4;1-4(2)3/h1-8,10-11,13H,9H2;1-8,10-11,18,23H,9H2;1-8,11-12H,9-10H2;1-6H;2-6H,1H3;1H3,(H,3,4);. The Morgan fingerprint density at radius 2 is 0.636 bits per heavy atom. The van der Waals surface area contributed by atoms with Crippen LogP contribution in [0, 0.1) is 6.92 Å². The van der Waals surface area contributed by atoms with E-state index in [1.54, 1.807) is 31.0 Å². The van der Waals surface area contributed by atoms with E-state index in [9.17, 15) is 9.90 Å². The molecule has 0 fully saturated rings. The molecule has 2 unspecified atom stereocenters. The van der Waals surface area contributed by atoms with E-state index in [1.807, 2.05) is 213 Å². The molecule has 0 spiro atoms. The topological polar surface area (TPSA) is 298 Å². The predicted molar refractivity (Wildman–Crippen MR) is 388 cm³/mol. The summed E-state index contributed by atoms with van der Waals surface area (Å²) in [6.45, 7) is 3.03. The smallest absolute Gasteiger partial charge is 0.300 e. The van der Waals surface area contributed by atoms with E-state index in [0.717, 1.165) is 142 Å². The molecule has 0 bridgehead atoms. The zero-order chi connectivity index (χ0) is 69.3. The molecule has 99 heavy (non-hydrogen) atoms. The maximum atomic E-state index is 10.4. The Hall–Kier alpha value is -11.4. The Bertz CT molecular complexity index is 5180. The number of alkyl halides is 1. The molecular formula is C74H59Cl3N16O5S. The zero-order valence-electron chi connectivity index (χ0n) is 53.0.